The molecule has 0 fully saturated rings. The fourth-order valence-corrected chi connectivity index (χ4v) is 10.1. The van der Waals surface area contributed by atoms with E-state index in [-0.39, 0.29) is 56.6 Å². The molecule has 518 valence electrons. The van der Waals surface area contributed by atoms with Crippen LogP contribution in [0.5, 0.6) is 5.75 Å². The smallest absolute Gasteiger partial charge is 0.326 e. The molecule has 0 aliphatic heterocycles. The number of fused-ring (bicyclic) bond motifs is 1. The predicted molar refractivity (Wildman–Crippen MR) is 351 cm³/mol. The van der Waals surface area contributed by atoms with Gasteiger partial charge in [0, 0.05) is 54.3 Å². The van der Waals surface area contributed by atoms with Crippen molar-refractivity contribution in [2.75, 3.05) is 18.1 Å². The third-order valence-corrected chi connectivity index (χ3v) is 15.7. The van der Waals surface area contributed by atoms with Gasteiger partial charge in [0.15, 0.2) is 0 Å². The number of hydrogen-bond acceptors (Lipinski definition) is 19. The monoisotopic (exact) mass is 1360 g/mol. The topological polar surface area (TPSA) is 511 Å². The number of para-hydroxylation sites is 1. The SMILES string of the molecule is CC(NC(=O)[C@@H](NC(=O)[C@@H](N)CCC(=O)O)[C@@H](C)O)C(=O)N[C@@H](CC(=O)O)C(=O)N[C@@H](CS)C(=O)N[C@@H](Cc1ccccc1)C(=O)N[C@@H](Cc1c[nH]c2ccccc12)C(=O)N[C@@H](CCCCN)C(=O)N[C@@H](Cc1ccc(O)cc1)C(=O)N[C@@H](CS)C(=O)N[C@H](C(=O)O)C(C)C. The Hall–Kier alpha value is -9.31. The van der Waals surface area contributed by atoms with Crippen LogP contribution in [-0.4, -0.2) is 198 Å². The first-order valence-corrected chi connectivity index (χ1v) is 31.7. The van der Waals surface area contributed by atoms with Crippen molar-refractivity contribution in [1.82, 2.24) is 58.2 Å². The van der Waals surface area contributed by atoms with Crippen LogP contribution in [0.25, 0.3) is 10.9 Å². The van der Waals surface area contributed by atoms with E-state index in [1.165, 1.54) is 24.3 Å². The summed E-state index contributed by atoms with van der Waals surface area (Å²) in [6.07, 6.45) is -2.00. The van der Waals surface area contributed by atoms with Gasteiger partial charge in [0.1, 0.15) is 66.2 Å². The lowest BCUT2D eigenvalue weighted by Crippen LogP contribution is -2.61. The minimum Gasteiger partial charge on any atom is -0.508 e. The first-order valence-electron chi connectivity index (χ1n) is 30.4. The highest BCUT2D eigenvalue weighted by Crippen LogP contribution is 2.21. The number of aliphatic carboxylic acids is 3. The van der Waals surface area contributed by atoms with Gasteiger partial charge in [-0.1, -0.05) is 74.5 Å². The zero-order valence-corrected chi connectivity index (χ0v) is 54.5. The number of nitrogens with one attached hydrogen (secondary N) is 11. The molecule has 33 heteroatoms. The quantitative estimate of drug-likeness (QED) is 0.0162. The standard InChI is InChI=1S/C62H85N13O18S2/c1-31(2)50(62(92)93)74-60(90)47(30-95)73-56(86)43(25-35-17-19-37(77)20-18-35)69-54(84)41(16-10-11-23-63)67-57(87)44(26-36-28-65-40-15-9-8-14-38(36)40)71-55(85)42(24-34-12-6-5-7-13-34)70-59(89)46(29-94)72-58(88)45(27-49(80)81)68-52(82)32(3)66-61(91)51(33(4)76)75-53(83)39(64)21-22-48(78)79/h5-9,12-15,17-20,28,31-33,39,41-47,50-51,65,76-77,94-95H,10-11,16,21-27,29-30,63-64H2,1-4H3,(H,66,91)(H,67,87)(H,68,82)(H,69,84)(H,70,89)(H,71,85)(H,72,88)(H,73,86)(H,74,90)(H,75,83)(H,78,79)(H,80,81)(H,92,93)/t32?,33-,39+,41+,42+,43+,44+,45+,46+,47+,50+,51+/m1/s1. The predicted octanol–water partition coefficient (Wildman–Crippen LogP) is -2.45. The van der Waals surface area contributed by atoms with Crippen LogP contribution >= 0.6 is 25.3 Å². The lowest BCUT2D eigenvalue weighted by Gasteiger charge is -2.28. The van der Waals surface area contributed by atoms with Crippen molar-refractivity contribution in [3.63, 3.8) is 0 Å². The molecule has 4 rings (SSSR count). The maximum atomic E-state index is 15.0. The van der Waals surface area contributed by atoms with Gasteiger partial charge in [-0.05, 0) is 86.9 Å². The molecule has 31 nitrogen and oxygen atoms in total. The first-order chi connectivity index (χ1) is 45.0. The van der Waals surface area contributed by atoms with Crippen molar-refractivity contribution in [2.24, 2.45) is 17.4 Å². The van der Waals surface area contributed by atoms with Gasteiger partial charge in [-0.25, -0.2) is 4.79 Å². The molecule has 0 saturated heterocycles. The van der Waals surface area contributed by atoms with Crippen molar-refractivity contribution in [2.45, 2.75) is 158 Å². The van der Waals surface area contributed by atoms with E-state index in [0.717, 1.165) is 13.8 Å². The summed E-state index contributed by atoms with van der Waals surface area (Å²) in [6, 6.07) is 3.92. The Morgan fingerprint density at radius 2 is 0.947 bits per heavy atom. The van der Waals surface area contributed by atoms with Crippen molar-refractivity contribution in [3.05, 3.63) is 102 Å². The zero-order valence-electron chi connectivity index (χ0n) is 52.7. The summed E-state index contributed by atoms with van der Waals surface area (Å²) >= 11 is 8.48. The van der Waals surface area contributed by atoms with E-state index in [9.17, 15) is 82.8 Å². The molecule has 0 bridgehead atoms. The molecule has 0 spiro atoms. The van der Waals surface area contributed by atoms with Gasteiger partial charge in [-0.2, -0.15) is 25.3 Å². The second-order valence-electron chi connectivity index (χ2n) is 22.9. The summed E-state index contributed by atoms with van der Waals surface area (Å²) in [7, 11) is 0. The summed E-state index contributed by atoms with van der Waals surface area (Å²) in [5.41, 5.74) is 13.7. The number of aliphatic hydroxyl groups is 1. The van der Waals surface area contributed by atoms with Gasteiger partial charge in [0.25, 0.3) is 0 Å². The lowest BCUT2D eigenvalue weighted by molar-refractivity contribution is -0.143. The fourth-order valence-electron chi connectivity index (χ4n) is 9.54. The van der Waals surface area contributed by atoms with Crippen LogP contribution in [0.4, 0.5) is 0 Å². The minimum absolute atomic E-state index is 0.0687. The second-order valence-corrected chi connectivity index (χ2v) is 23.6. The van der Waals surface area contributed by atoms with Crippen molar-refractivity contribution < 1.29 is 87.9 Å². The van der Waals surface area contributed by atoms with E-state index in [1.807, 2.05) is 0 Å². The normalized spacial score (nSPS) is 15.0. The Bertz CT molecular complexity index is 3320. The van der Waals surface area contributed by atoms with E-state index in [4.69, 9.17) is 16.6 Å². The van der Waals surface area contributed by atoms with Crippen LogP contribution in [0.15, 0.2) is 85.1 Å². The van der Waals surface area contributed by atoms with Crippen molar-refractivity contribution in [1.29, 1.82) is 0 Å². The summed E-state index contributed by atoms with van der Waals surface area (Å²) in [5.74, 6) is -15.7. The number of rotatable bonds is 40. The van der Waals surface area contributed by atoms with E-state index in [2.05, 4.69) is 83.4 Å². The number of aliphatic hydroxyl groups excluding tert-OH is 1. The maximum absolute atomic E-state index is 15.0. The molecule has 0 aliphatic carbocycles. The van der Waals surface area contributed by atoms with Crippen LogP contribution in [0.2, 0.25) is 0 Å². The van der Waals surface area contributed by atoms with Gasteiger partial charge in [-0.3, -0.25) is 57.5 Å². The van der Waals surface area contributed by atoms with E-state index < -0.39 is 174 Å². The highest BCUT2D eigenvalue weighted by atomic mass is 32.1. The molecular weight excluding hydrogens is 1280 g/mol. The third kappa shape index (κ3) is 25.5. The van der Waals surface area contributed by atoms with Crippen LogP contribution in [0.3, 0.4) is 0 Å². The number of phenolic OH excluding ortho intramolecular Hbond substituents is 1. The number of nitrogens with two attached hydrogens (primary N) is 2. The number of H-pyrrole nitrogens is 1. The molecule has 12 atom stereocenters. The fraction of sp³-hybridized carbons (Fsp3) is 0.468. The van der Waals surface area contributed by atoms with E-state index in [0.29, 0.717) is 34.0 Å². The molecular formula is C62H85N13O18S2. The maximum Gasteiger partial charge on any atom is 0.326 e. The summed E-state index contributed by atoms with van der Waals surface area (Å²) in [4.78, 5) is 178. The molecule has 4 aromatic rings. The zero-order chi connectivity index (χ0) is 70.6. The van der Waals surface area contributed by atoms with Gasteiger partial charge in [0.2, 0.25) is 59.1 Å². The largest absolute Gasteiger partial charge is 0.508 e. The van der Waals surface area contributed by atoms with Crippen molar-refractivity contribution >= 4 is 113 Å². The average molecular weight is 1360 g/mol. The molecule has 1 aromatic heterocycles. The van der Waals surface area contributed by atoms with Crippen LogP contribution in [-0.2, 0) is 81.6 Å². The summed E-state index contributed by atoms with van der Waals surface area (Å²) < 4.78 is 0. The third-order valence-electron chi connectivity index (χ3n) is 14.9. The van der Waals surface area contributed by atoms with E-state index in [1.54, 1.807) is 74.6 Å². The number of thiol groups is 2. The average Bonchev–Trinajstić information content (AvgIpc) is 1.75. The highest BCUT2D eigenvalue weighted by Gasteiger charge is 2.37. The number of unbranched alkanes of at least 4 members (excludes halogenated alkanes) is 1. The summed E-state index contributed by atoms with van der Waals surface area (Å²) in [6.45, 7) is 5.58. The molecule has 0 radical (unpaired) electrons. The Labute approximate surface area is 557 Å². The van der Waals surface area contributed by atoms with E-state index >= 15 is 0 Å². The van der Waals surface area contributed by atoms with Crippen LogP contribution in [0, 0.1) is 5.92 Å². The number of carbonyl (C=O) groups excluding carboxylic acids is 10. The number of carboxylic acid groups (broad SMARTS) is 3. The van der Waals surface area contributed by atoms with Gasteiger partial charge in [0.05, 0.1) is 18.6 Å². The highest BCUT2D eigenvalue weighted by molar-refractivity contribution is 7.80. The van der Waals surface area contributed by atoms with Crippen LogP contribution in [0.1, 0.15) is 82.9 Å². The molecule has 0 aliphatic rings. The Balaban J connectivity index is 1.65. The number of hydrogen-bond donors (Lipinski definition) is 20. The molecule has 10 amide bonds. The molecule has 1 heterocycles. The number of phenols is 1. The number of carbonyl (C=O) groups is 13. The number of aromatic amines is 1. The number of benzene rings is 3. The number of aromatic hydroxyl groups is 1. The number of carboxylic acids is 3. The minimum atomic E-state index is -1.93. The Morgan fingerprint density at radius 1 is 0.484 bits per heavy atom. The Morgan fingerprint density at radius 3 is 1.46 bits per heavy atom. The number of amides is 10. The van der Waals surface area contributed by atoms with Crippen LogP contribution < -0.4 is 64.6 Å². The second kappa shape index (κ2) is 38.8. The molecule has 3 aromatic carbocycles. The Kier molecular flexibility index (Phi) is 31.9. The van der Waals surface area contributed by atoms with Gasteiger partial charge >= 0.3 is 17.9 Å². The summed E-state index contributed by atoms with van der Waals surface area (Å²) in [5, 5.41) is 74.1. The molecule has 95 heavy (non-hydrogen) atoms. The van der Waals surface area contributed by atoms with Gasteiger partial charge < -0.3 is 95.2 Å². The van der Waals surface area contributed by atoms with Gasteiger partial charge in [-0.15, -0.1) is 0 Å². The van der Waals surface area contributed by atoms with Crippen molar-refractivity contribution in [3.8, 4) is 5.75 Å². The molecule has 20 N–H and O–H groups in total. The first kappa shape index (κ1) is 78.1. The molecule has 0 saturated carbocycles. The number of aromatic nitrogens is 1. The lowest BCUT2D eigenvalue weighted by atomic mass is 10.0. The molecule has 1 unspecified atom stereocenters.